The van der Waals surface area contributed by atoms with E-state index in [0.717, 1.165) is 5.56 Å². The largest absolute Gasteiger partial charge is 0.457 e. The maximum absolute atomic E-state index is 13.4. The molecule has 1 amide bonds. The number of ether oxygens (including phenoxy) is 2. The molecule has 2 aromatic rings. The lowest BCUT2D eigenvalue weighted by atomic mass is 9.93. The molecule has 0 radical (unpaired) electrons. The van der Waals surface area contributed by atoms with Crippen LogP contribution in [-0.4, -0.2) is 49.6 Å². The van der Waals surface area contributed by atoms with E-state index in [4.69, 9.17) is 13.9 Å². The molecular formula is C31H45NO5Si. The van der Waals surface area contributed by atoms with Gasteiger partial charge in [-0.25, -0.2) is 9.59 Å². The lowest BCUT2D eigenvalue weighted by Gasteiger charge is -2.43. The molecule has 3 rings (SSSR count). The highest BCUT2D eigenvalue weighted by molar-refractivity contribution is 6.74. The first kappa shape index (κ1) is 29.9. The highest BCUT2D eigenvalue weighted by atomic mass is 28.4. The Morgan fingerprint density at radius 1 is 0.921 bits per heavy atom. The number of carbonyl (C=O) groups excluding carboxylic acids is 2. The summed E-state index contributed by atoms with van der Waals surface area (Å²) in [5.41, 5.74) is 0.982. The number of hydrogen-bond donors (Lipinski definition) is 0. The number of likely N-dealkylation sites (tertiary alicyclic amines) is 1. The van der Waals surface area contributed by atoms with Gasteiger partial charge < -0.3 is 18.8 Å². The second kappa shape index (κ2) is 12.0. The van der Waals surface area contributed by atoms with E-state index in [2.05, 4.69) is 46.0 Å². The van der Waals surface area contributed by atoms with Gasteiger partial charge in [-0.2, -0.15) is 0 Å². The number of benzene rings is 2. The molecule has 0 N–H and O–H groups in total. The van der Waals surface area contributed by atoms with Crippen molar-refractivity contribution < 1.29 is 23.5 Å². The fourth-order valence-corrected chi connectivity index (χ4v) is 5.67. The smallest absolute Gasteiger partial charge is 0.410 e. The molecule has 0 saturated carbocycles. The Hall–Kier alpha value is -2.64. The van der Waals surface area contributed by atoms with Crippen LogP contribution in [0.25, 0.3) is 0 Å². The summed E-state index contributed by atoms with van der Waals surface area (Å²) < 4.78 is 18.6. The molecule has 0 bridgehead atoms. The number of rotatable bonds is 7. The Balaban J connectivity index is 1.84. The van der Waals surface area contributed by atoms with Crippen LogP contribution in [0.5, 0.6) is 0 Å². The first-order chi connectivity index (χ1) is 17.7. The number of hydrogen-bond acceptors (Lipinski definition) is 5. The molecule has 0 aliphatic carbocycles. The molecule has 6 nitrogen and oxygen atoms in total. The lowest BCUT2D eigenvalue weighted by molar-refractivity contribution is -0.0320. The van der Waals surface area contributed by atoms with Gasteiger partial charge in [-0.05, 0) is 75.9 Å². The summed E-state index contributed by atoms with van der Waals surface area (Å²) in [6.45, 7) is 17.1. The topological polar surface area (TPSA) is 65.1 Å². The van der Waals surface area contributed by atoms with Crippen LogP contribution in [0.2, 0.25) is 18.1 Å². The number of esters is 1. The Kier molecular flexibility index (Phi) is 9.47. The van der Waals surface area contributed by atoms with Crippen molar-refractivity contribution >= 4 is 20.4 Å². The van der Waals surface area contributed by atoms with Gasteiger partial charge in [0.2, 0.25) is 0 Å². The van der Waals surface area contributed by atoms with Gasteiger partial charge in [-0.1, -0.05) is 69.3 Å². The molecule has 1 fully saturated rings. The van der Waals surface area contributed by atoms with Crippen molar-refractivity contribution in [2.24, 2.45) is 0 Å². The van der Waals surface area contributed by atoms with Crippen molar-refractivity contribution in [3.8, 4) is 0 Å². The minimum Gasteiger partial charge on any atom is -0.457 e. The Bertz CT molecular complexity index is 1060. The molecule has 7 heteroatoms. The van der Waals surface area contributed by atoms with E-state index >= 15 is 0 Å². The quantitative estimate of drug-likeness (QED) is 0.266. The zero-order chi connectivity index (χ0) is 28.1. The fourth-order valence-electron chi connectivity index (χ4n) is 4.37. The Morgan fingerprint density at radius 2 is 1.50 bits per heavy atom. The number of piperidine rings is 1. The van der Waals surface area contributed by atoms with Crippen molar-refractivity contribution in [2.45, 2.75) is 103 Å². The predicted octanol–water partition coefficient (Wildman–Crippen LogP) is 7.76. The van der Waals surface area contributed by atoms with E-state index in [9.17, 15) is 9.59 Å². The van der Waals surface area contributed by atoms with Gasteiger partial charge in [0.05, 0.1) is 18.2 Å². The summed E-state index contributed by atoms with van der Waals surface area (Å²) in [7, 11) is -2.10. The van der Waals surface area contributed by atoms with Crippen molar-refractivity contribution in [1.29, 1.82) is 0 Å². The van der Waals surface area contributed by atoms with Crippen LogP contribution in [0.15, 0.2) is 60.7 Å². The van der Waals surface area contributed by atoms with Gasteiger partial charge in [-0.15, -0.1) is 0 Å². The summed E-state index contributed by atoms with van der Waals surface area (Å²) in [4.78, 5) is 27.9. The molecule has 1 heterocycles. The lowest BCUT2D eigenvalue weighted by Crippen LogP contribution is -2.52. The van der Waals surface area contributed by atoms with Crippen LogP contribution in [0, 0.1) is 0 Å². The SMILES string of the molecule is CC(C)(C)OC(=O)N1CC(OC(=O)c2ccccc2)CCC1CC(O[Si](C)(C)C(C)(C)C)c1ccccc1. The zero-order valence-corrected chi connectivity index (χ0v) is 25.3. The maximum atomic E-state index is 13.4. The zero-order valence-electron chi connectivity index (χ0n) is 24.3. The molecule has 3 unspecified atom stereocenters. The molecule has 1 aliphatic rings. The second-order valence-corrected chi connectivity index (χ2v) is 17.5. The molecule has 0 spiro atoms. The third-order valence-electron chi connectivity index (χ3n) is 7.47. The molecule has 1 aliphatic heterocycles. The first-order valence-corrected chi connectivity index (χ1v) is 16.6. The molecule has 38 heavy (non-hydrogen) atoms. The number of carbonyl (C=O) groups is 2. The van der Waals surface area contributed by atoms with Crippen molar-refractivity contribution in [3.63, 3.8) is 0 Å². The van der Waals surface area contributed by atoms with Gasteiger partial charge in [-0.3, -0.25) is 0 Å². The summed E-state index contributed by atoms with van der Waals surface area (Å²) >= 11 is 0. The Morgan fingerprint density at radius 3 is 2.05 bits per heavy atom. The van der Waals surface area contributed by atoms with E-state index in [1.165, 1.54) is 0 Å². The first-order valence-electron chi connectivity index (χ1n) is 13.6. The highest BCUT2D eigenvalue weighted by Crippen LogP contribution is 2.42. The summed E-state index contributed by atoms with van der Waals surface area (Å²) in [6.07, 6.45) is 1.07. The molecular weight excluding hydrogens is 494 g/mol. The molecule has 1 saturated heterocycles. The maximum Gasteiger partial charge on any atom is 0.410 e. The van der Waals surface area contributed by atoms with Gasteiger partial charge in [0.25, 0.3) is 0 Å². The highest BCUT2D eigenvalue weighted by Gasteiger charge is 2.42. The Labute approximate surface area is 229 Å². The van der Waals surface area contributed by atoms with Crippen LogP contribution >= 0.6 is 0 Å². The van der Waals surface area contributed by atoms with E-state index < -0.39 is 20.0 Å². The predicted molar refractivity (Wildman–Crippen MR) is 154 cm³/mol. The van der Waals surface area contributed by atoms with Crippen molar-refractivity contribution in [1.82, 2.24) is 4.90 Å². The van der Waals surface area contributed by atoms with E-state index in [1.54, 1.807) is 17.0 Å². The van der Waals surface area contributed by atoms with E-state index in [1.807, 2.05) is 57.2 Å². The average Bonchev–Trinajstić information content (AvgIpc) is 2.83. The summed E-state index contributed by atoms with van der Waals surface area (Å²) in [5, 5.41) is 0.0498. The third kappa shape index (κ3) is 8.18. The number of amides is 1. The normalized spacial score (nSPS) is 19.5. The number of nitrogens with zero attached hydrogens (tertiary/aromatic N) is 1. The van der Waals surface area contributed by atoms with Crippen LogP contribution in [-0.2, 0) is 13.9 Å². The van der Waals surface area contributed by atoms with Gasteiger partial charge in [0.1, 0.15) is 11.7 Å². The van der Waals surface area contributed by atoms with Crippen LogP contribution < -0.4 is 0 Å². The minimum absolute atomic E-state index is 0.0498. The fraction of sp³-hybridized carbons (Fsp3) is 0.548. The van der Waals surface area contributed by atoms with Gasteiger partial charge in [0.15, 0.2) is 8.32 Å². The monoisotopic (exact) mass is 539 g/mol. The standard InChI is InChI=1S/C31H45NO5Si/c1-30(2,3)36-29(34)32-22-26(35-28(33)24-17-13-10-14-18-24)20-19-25(32)21-27(23-15-11-9-12-16-23)37-38(7,8)31(4,5)6/h9-18,25-27H,19-22H2,1-8H3. The van der Waals surface area contributed by atoms with Crippen LogP contribution in [0.3, 0.4) is 0 Å². The third-order valence-corrected chi connectivity index (χ3v) is 12.0. The van der Waals surface area contributed by atoms with Gasteiger partial charge in [0, 0.05) is 6.04 Å². The van der Waals surface area contributed by atoms with E-state index in [-0.39, 0.29) is 29.2 Å². The van der Waals surface area contributed by atoms with E-state index in [0.29, 0.717) is 31.4 Å². The van der Waals surface area contributed by atoms with Crippen LogP contribution in [0.1, 0.15) is 82.8 Å². The average molecular weight is 540 g/mol. The van der Waals surface area contributed by atoms with Crippen LogP contribution in [0.4, 0.5) is 4.79 Å². The van der Waals surface area contributed by atoms with Gasteiger partial charge >= 0.3 is 12.1 Å². The van der Waals surface area contributed by atoms with Crippen molar-refractivity contribution in [2.75, 3.05) is 6.54 Å². The molecule has 3 atom stereocenters. The summed E-state index contributed by atoms with van der Waals surface area (Å²) in [6, 6.07) is 19.1. The summed E-state index contributed by atoms with van der Waals surface area (Å²) in [5.74, 6) is -0.374. The molecule has 2 aromatic carbocycles. The van der Waals surface area contributed by atoms with Crippen molar-refractivity contribution in [3.05, 3.63) is 71.8 Å². The molecule has 208 valence electrons. The second-order valence-electron chi connectivity index (χ2n) is 12.8. The molecule has 0 aromatic heterocycles. The minimum atomic E-state index is -2.10.